The first-order valence-corrected chi connectivity index (χ1v) is 7.23. The molecule has 0 aliphatic heterocycles. The first-order chi connectivity index (χ1) is 10.8. The summed E-state index contributed by atoms with van der Waals surface area (Å²) < 4.78 is 49.2. The van der Waals surface area contributed by atoms with Gasteiger partial charge in [0.15, 0.2) is 0 Å². The molecule has 1 amide bonds. The molecular weight excluding hydrogens is 326 g/mol. The molecule has 5 nitrogen and oxygen atoms in total. The molecule has 1 aromatic carbocycles. The predicted molar refractivity (Wildman–Crippen MR) is 85.5 cm³/mol. The Hall–Kier alpha value is -2.19. The van der Waals surface area contributed by atoms with Gasteiger partial charge in [0.1, 0.15) is 5.60 Å². The molecule has 0 fully saturated rings. The van der Waals surface area contributed by atoms with Gasteiger partial charge < -0.3 is 22.4 Å². The summed E-state index contributed by atoms with van der Waals surface area (Å²) in [4.78, 5) is 23.2. The fourth-order valence-electron chi connectivity index (χ4n) is 2.04. The second-order valence-corrected chi connectivity index (χ2v) is 6.30. The van der Waals surface area contributed by atoms with E-state index in [1.807, 2.05) is 0 Å². The Morgan fingerprint density at radius 3 is 2.25 bits per heavy atom. The normalized spacial score (nSPS) is 11.8. The molecule has 0 unspecified atom stereocenters. The molecule has 0 saturated heterocycles. The van der Waals surface area contributed by atoms with Gasteiger partial charge in [0.25, 0.3) is 0 Å². The highest BCUT2D eigenvalue weighted by atomic mass is 19.4. The summed E-state index contributed by atoms with van der Waals surface area (Å²) in [6, 6.07) is 2.14. The molecule has 24 heavy (non-hydrogen) atoms. The minimum Gasteiger partial charge on any atom is -0.469 e. The monoisotopic (exact) mass is 346 g/mol. The van der Waals surface area contributed by atoms with Crippen molar-refractivity contribution in [3.8, 4) is 0 Å². The number of ether oxygens (including phenoxy) is 2. The van der Waals surface area contributed by atoms with E-state index in [9.17, 15) is 22.5 Å². The molecule has 0 radical (unpaired) electrons. The lowest BCUT2D eigenvalue weighted by atomic mass is 9.75. The van der Waals surface area contributed by atoms with Crippen LogP contribution in [0.25, 0.3) is 0 Å². The van der Waals surface area contributed by atoms with E-state index in [4.69, 9.17) is 4.74 Å². The van der Waals surface area contributed by atoms with E-state index in [0.29, 0.717) is 0 Å². The zero-order chi connectivity index (χ0) is 18.7. The lowest BCUT2D eigenvalue weighted by Gasteiger charge is -2.23. The van der Waals surface area contributed by atoms with Crippen LogP contribution in [0.15, 0.2) is 12.1 Å². The first kappa shape index (κ1) is 19.9. The molecule has 0 saturated carbocycles. The fourth-order valence-corrected chi connectivity index (χ4v) is 2.04. The molecule has 134 valence electrons. The quantitative estimate of drug-likeness (QED) is 0.672. The van der Waals surface area contributed by atoms with Crippen LogP contribution in [0, 0.1) is 6.92 Å². The third-order valence-corrected chi connectivity index (χ3v) is 3.12. The third-order valence-electron chi connectivity index (χ3n) is 3.12. The number of hydrogen-bond acceptors (Lipinski definition) is 4. The second kappa shape index (κ2) is 7.15. The lowest BCUT2D eigenvalue weighted by molar-refractivity contribution is -0.139. The Morgan fingerprint density at radius 2 is 1.79 bits per heavy atom. The molecule has 0 aliphatic rings. The first-order valence-electron chi connectivity index (χ1n) is 7.23. The van der Waals surface area contributed by atoms with Crippen LogP contribution in [0.5, 0.6) is 0 Å². The van der Waals surface area contributed by atoms with Crippen molar-refractivity contribution in [1.82, 2.24) is 0 Å². The van der Waals surface area contributed by atoms with Gasteiger partial charge in [0.05, 0.1) is 13.5 Å². The zero-order valence-electron chi connectivity index (χ0n) is 14.2. The standard InChI is InChI=1S/C15H20BF3NO4/c1-9-10(7-13(21)23-5)6-11(8-12(9)16(17,18)19)20-14(22)24-15(2,3)4/h6,8H,7H2,1-5H3,(H,20,22)/q-1. The minimum absolute atomic E-state index is 0.0670. The highest BCUT2D eigenvalue weighted by molar-refractivity contribution is 6.74. The topological polar surface area (TPSA) is 64.6 Å². The van der Waals surface area contributed by atoms with Crippen LogP contribution in [-0.2, 0) is 20.7 Å². The average molecular weight is 346 g/mol. The van der Waals surface area contributed by atoms with E-state index in [1.165, 1.54) is 13.0 Å². The van der Waals surface area contributed by atoms with Gasteiger partial charge in [-0.25, -0.2) is 4.79 Å². The van der Waals surface area contributed by atoms with Crippen molar-refractivity contribution < 1.29 is 32.0 Å². The van der Waals surface area contributed by atoms with Crippen LogP contribution in [-0.4, -0.2) is 31.8 Å². The Labute approximate surface area is 138 Å². The second-order valence-electron chi connectivity index (χ2n) is 6.30. The average Bonchev–Trinajstić information content (AvgIpc) is 2.38. The summed E-state index contributed by atoms with van der Waals surface area (Å²) >= 11 is 0. The largest absolute Gasteiger partial charge is 0.509 e. The lowest BCUT2D eigenvalue weighted by Crippen LogP contribution is -2.37. The van der Waals surface area contributed by atoms with E-state index in [2.05, 4.69) is 10.1 Å². The van der Waals surface area contributed by atoms with Crippen molar-refractivity contribution in [1.29, 1.82) is 0 Å². The SMILES string of the molecule is COC(=O)Cc1cc(NC(=O)OC(C)(C)C)cc([B-](F)(F)F)c1C. The highest BCUT2D eigenvalue weighted by Crippen LogP contribution is 2.21. The maximum Gasteiger partial charge on any atom is 0.509 e. The smallest absolute Gasteiger partial charge is 0.469 e. The van der Waals surface area contributed by atoms with Crippen LogP contribution in [0.3, 0.4) is 0 Å². The Balaban J connectivity index is 3.23. The van der Waals surface area contributed by atoms with Gasteiger partial charge in [-0.2, -0.15) is 0 Å². The number of rotatable bonds is 4. The van der Waals surface area contributed by atoms with Crippen LogP contribution in [0.4, 0.5) is 23.4 Å². The van der Waals surface area contributed by atoms with E-state index in [1.54, 1.807) is 20.8 Å². The molecule has 9 heteroatoms. The minimum atomic E-state index is -5.31. The number of methoxy groups -OCH3 is 1. The Morgan fingerprint density at radius 1 is 1.21 bits per heavy atom. The van der Waals surface area contributed by atoms with E-state index >= 15 is 0 Å². The highest BCUT2D eigenvalue weighted by Gasteiger charge is 2.29. The van der Waals surface area contributed by atoms with Crippen molar-refractivity contribution in [2.45, 2.75) is 39.7 Å². The van der Waals surface area contributed by atoms with Crippen molar-refractivity contribution >= 4 is 30.2 Å². The van der Waals surface area contributed by atoms with Gasteiger partial charge in [-0.05, 0) is 39.3 Å². The number of carbonyl (C=O) groups is 2. The van der Waals surface area contributed by atoms with Crippen molar-refractivity contribution in [3.63, 3.8) is 0 Å². The molecule has 1 N–H and O–H groups in total. The number of amides is 1. The van der Waals surface area contributed by atoms with Crippen LogP contribution >= 0.6 is 0 Å². The van der Waals surface area contributed by atoms with E-state index in [0.717, 1.165) is 13.2 Å². The molecule has 0 spiro atoms. The summed E-state index contributed by atoms with van der Waals surface area (Å²) in [6.45, 7) is 0.870. The van der Waals surface area contributed by atoms with Gasteiger partial charge in [-0.1, -0.05) is 11.6 Å². The van der Waals surface area contributed by atoms with Crippen LogP contribution in [0.2, 0.25) is 0 Å². The Kier molecular flexibility index (Phi) is 5.91. The predicted octanol–water partition coefficient (Wildman–Crippen LogP) is 3.11. The maximum absolute atomic E-state index is 13.2. The van der Waals surface area contributed by atoms with Gasteiger partial charge in [0, 0.05) is 5.69 Å². The van der Waals surface area contributed by atoms with Crippen molar-refractivity contribution in [2.24, 2.45) is 0 Å². The van der Waals surface area contributed by atoms with Crippen molar-refractivity contribution in [3.05, 3.63) is 23.3 Å². The summed E-state index contributed by atoms with van der Waals surface area (Å²) in [6.07, 6.45) is -1.21. The van der Waals surface area contributed by atoms with Gasteiger partial charge in [-0.3, -0.25) is 10.1 Å². The number of anilines is 1. The third kappa shape index (κ3) is 5.79. The van der Waals surface area contributed by atoms with Gasteiger partial charge >= 0.3 is 19.0 Å². The number of halogens is 3. The van der Waals surface area contributed by atoms with Crippen LogP contribution < -0.4 is 10.8 Å². The van der Waals surface area contributed by atoms with E-state index < -0.39 is 30.1 Å². The summed E-state index contributed by atoms with van der Waals surface area (Å²) in [5, 5.41) is 2.27. The molecule has 1 rings (SSSR count). The number of nitrogens with one attached hydrogen (secondary N) is 1. The summed E-state index contributed by atoms with van der Waals surface area (Å²) in [5.74, 6) is -0.673. The summed E-state index contributed by atoms with van der Waals surface area (Å²) in [5.41, 5.74) is -1.70. The Bertz CT molecular complexity index is 639. The molecule has 0 aliphatic carbocycles. The molecule has 0 heterocycles. The molecular formula is C15H20BF3NO4-. The maximum atomic E-state index is 13.2. The van der Waals surface area contributed by atoms with E-state index in [-0.39, 0.29) is 23.2 Å². The number of esters is 1. The number of benzene rings is 1. The van der Waals surface area contributed by atoms with Crippen molar-refractivity contribution in [2.75, 3.05) is 12.4 Å². The molecule has 0 bridgehead atoms. The number of hydrogen-bond donors (Lipinski definition) is 1. The molecule has 0 atom stereocenters. The fraction of sp³-hybridized carbons (Fsp3) is 0.467. The zero-order valence-corrected chi connectivity index (χ0v) is 14.2. The molecule has 1 aromatic rings. The number of carbonyl (C=O) groups excluding carboxylic acids is 2. The van der Waals surface area contributed by atoms with Gasteiger partial charge in [0.2, 0.25) is 0 Å². The molecule has 0 aromatic heterocycles. The van der Waals surface area contributed by atoms with Crippen LogP contribution in [0.1, 0.15) is 31.9 Å². The van der Waals surface area contributed by atoms with Gasteiger partial charge in [-0.15, -0.1) is 5.46 Å². The summed E-state index contributed by atoms with van der Waals surface area (Å²) in [7, 11) is 1.15.